The standard InChI is InChI=1S/C21H16Cl3F3N4O2S/c22-14-2-3-15(17(24)12-14)18-5-6-20(29-28-18)30-7-9-31(10-8-30)34(32,33)19-11-13(21(25,26)27)1-4-16(19)23/h1-6,11-12H,7-10H2. The first-order valence-electron chi connectivity index (χ1n) is 9.88. The van der Waals surface area contributed by atoms with Crippen molar-refractivity contribution in [2.24, 2.45) is 0 Å². The number of alkyl halides is 3. The second kappa shape index (κ2) is 9.50. The van der Waals surface area contributed by atoms with Crippen LogP contribution in [0.2, 0.25) is 15.1 Å². The predicted molar refractivity (Wildman–Crippen MR) is 125 cm³/mol. The van der Waals surface area contributed by atoms with Crippen LogP contribution in [-0.2, 0) is 16.2 Å². The second-order valence-electron chi connectivity index (χ2n) is 7.44. The van der Waals surface area contributed by atoms with Crippen LogP contribution in [-0.4, -0.2) is 49.1 Å². The van der Waals surface area contributed by atoms with Crippen molar-refractivity contribution in [1.82, 2.24) is 14.5 Å². The molecule has 0 unspecified atom stereocenters. The third kappa shape index (κ3) is 5.11. The predicted octanol–water partition coefficient (Wildman–Crippen LogP) is 5.63. The molecule has 4 rings (SSSR count). The van der Waals surface area contributed by atoms with E-state index in [9.17, 15) is 21.6 Å². The molecule has 0 amide bonds. The van der Waals surface area contributed by atoms with Gasteiger partial charge in [-0.05, 0) is 48.5 Å². The number of halogens is 6. The topological polar surface area (TPSA) is 66.4 Å². The smallest absolute Gasteiger partial charge is 0.352 e. The fraction of sp³-hybridized carbons (Fsp3) is 0.238. The highest BCUT2D eigenvalue weighted by Crippen LogP contribution is 2.35. The summed E-state index contributed by atoms with van der Waals surface area (Å²) in [5.41, 5.74) is 0.134. The first-order valence-corrected chi connectivity index (χ1v) is 12.5. The van der Waals surface area contributed by atoms with E-state index in [1.54, 1.807) is 30.3 Å². The molecule has 2 aromatic carbocycles. The molecule has 1 aromatic heterocycles. The van der Waals surface area contributed by atoms with E-state index in [2.05, 4.69) is 10.2 Å². The van der Waals surface area contributed by atoms with Gasteiger partial charge in [-0.25, -0.2) is 8.42 Å². The molecule has 34 heavy (non-hydrogen) atoms. The van der Waals surface area contributed by atoms with Crippen LogP contribution >= 0.6 is 34.8 Å². The third-order valence-electron chi connectivity index (χ3n) is 5.30. The van der Waals surface area contributed by atoms with E-state index in [1.807, 2.05) is 4.90 Å². The van der Waals surface area contributed by atoms with Crippen LogP contribution < -0.4 is 4.90 Å². The van der Waals surface area contributed by atoms with E-state index in [1.165, 1.54) is 0 Å². The van der Waals surface area contributed by atoms with Gasteiger partial charge in [0.05, 0.1) is 21.3 Å². The monoisotopic (exact) mass is 550 g/mol. The Bertz CT molecular complexity index is 1310. The summed E-state index contributed by atoms with van der Waals surface area (Å²) >= 11 is 18.1. The van der Waals surface area contributed by atoms with Gasteiger partial charge in [0.2, 0.25) is 10.0 Å². The summed E-state index contributed by atoms with van der Waals surface area (Å²) in [5, 5.41) is 9.07. The van der Waals surface area contributed by atoms with E-state index < -0.39 is 26.7 Å². The zero-order chi connectivity index (χ0) is 24.7. The normalized spacial score (nSPS) is 15.5. The van der Waals surface area contributed by atoms with Gasteiger partial charge in [0, 0.05) is 36.8 Å². The number of benzene rings is 2. The zero-order valence-corrected chi connectivity index (χ0v) is 20.3. The van der Waals surface area contributed by atoms with Gasteiger partial charge in [0.1, 0.15) is 4.90 Å². The van der Waals surface area contributed by atoms with Crippen LogP contribution in [0.3, 0.4) is 0 Å². The van der Waals surface area contributed by atoms with Crippen LogP contribution in [0.4, 0.5) is 19.0 Å². The minimum atomic E-state index is -4.69. The highest BCUT2D eigenvalue weighted by atomic mass is 35.5. The van der Waals surface area contributed by atoms with Crippen LogP contribution in [0, 0.1) is 0 Å². The summed E-state index contributed by atoms with van der Waals surface area (Å²) in [6.07, 6.45) is -4.69. The lowest BCUT2D eigenvalue weighted by molar-refractivity contribution is -0.137. The van der Waals surface area contributed by atoms with Crippen LogP contribution in [0.5, 0.6) is 0 Å². The summed E-state index contributed by atoms with van der Waals surface area (Å²) in [6, 6.07) is 10.8. The van der Waals surface area contributed by atoms with Gasteiger partial charge in [-0.1, -0.05) is 34.8 Å². The fourth-order valence-electron chi connectivity index (χ4n) is 3.51. The first-order chi connectivity index (χ1) is 16.0. The van der Waals surface area contributed by atoms with Crippen molar-refractivity contribution in [2.75, 3.05) is 31.1 Å². The molecule has 0 spiro atoms. The van der Waals surface area contributed by atoms with Crippen molar-refractivity contribution in [1.29, 1.82) is 0 Å². The molecule has 2 heterocycles. The Morgan fingerprint density at radius 1 is 0.824 bits per heavy atom. The molecular weight excluding hydrogens is 536 g/mol. The van der Waals surface area contributed by atoms with Gasteiger partial charge in [-0.15, -0.1) is 10.2 Å². The lowest BCUT2D eigenvalue weighted by atomic mass is 10.1. The van der Waals surface area contributed by atoms with Crippen molar-refractivity contribution in [3.63, 3.8) is 0 Å². The zero-order valence-electron chi connectivity index (χ0n) is 17.2. The third-order valence-corrected chi connectivity index (χ3v) is 8.22. The Kier molecular flexibility index (Phi) is 6.99. The Morgan fingerprint density at radius 2 is 1.53 bits per heavy atom. The molecular formula is C21H16Cl3F3N4O2S. The molecule has 1 saturated heterocycles. The molecule has 180 valence electrons. The molecule has 3 aromatic rings. The van der Waals surface area contributed by atoms with Crippen molar-refractivity contribution < 1.29 is 21.6 Å². The average molecular weight is 552 g/mol. The van der Waals surface area contributed by atoms with Crippen LogP contribution in [0.15, 0.2) is 53.4 Å². The molecule has 1 fully saturated rings. The fourth-order valence-corrected chi connectivity index (χ4v) is 5.94. The Labute approximate surface area is 208 Å². The van der Waals surface area contributed by atoms with E-state index in [0.717, 1.165) is 16.4 Å². The molecule has 0 bridgehead atoms. The van der Waals surface area contributed by atoms with Gasteiger partial charge >= 0.3 is 6.18 Å². The van der Waals surface area contributed by atoms with Crippen molar-refractivity contribution in [3.05, 3.63) is 69.2 Å². The highest BCUT2D eigenvalue weighted by molar-refractivity contribution is 7.89. The quantitative estimate of drug-likeness (QED) is 0.420. The van der Waals surface area contributed by atoms with Crippen molar-refractivity contribution >= 4 is 50.6 Å². The number of rotatable bonds is 4. The summed E-state index contributed by atoms with van der Waals surface area (Å²) in [5.74, 6) is 0.531. The maximum atomic E-state index is 13.1. The van der Waals surface area contributed by atoms with Gasteiger partial charge in [0.25, 0.3) is 0 Å². The largest absolute Gasteiger partial charge is 0.416 e. The van der Waals surface area contributed by atoms with Crippen molar-refractivity contribution in [3.8, 4) is 11.3 Å². The molecule has 13 heteroatoms. The van der Waals surface area contributed by atoms with E-state index in [-0.39, 0.29) is 31.2 Å². The summed E-state index contributed by atoms with van der Waals surface area (Å²) in [7, 11) is -4.22. The van der Waals surface area contributed by atoms with E-state index in [0.29, 0.717) is 33.2 Å². The maximum absolute atomic E-state index is 13.1. The lowest BCUT2D eigenvalue weighted by Gasteiger charge is -2.34. The molecule has 0 aliphatic carbocycles. The van der Waals surface area contributed by atoms with E-state index in [4.69, 9.17) is 34.8 Å². The minimum Gasteiger partial charge on any atom is -0.352 e. The number of hydrogen-bond acceptors (Lipinski definition) is 5. The molecule has 0 saturated carbocycles. The van der Waals surface area contributed by atoms with Crippen LogP contribution in [0.25, 0.3) is 11.3 Å². The molecule has 1 aliphatic heterocycles. The Morgan fingerprint density at radius 3 is 2.12 bits per heavy atom. The Hall–Kier alpha value is -2.11. The summed E-state index contributed by atoms with van der Waals surface area (Å²) in [6.45, 7) is 0.625. The van der Waals surface area contributed by atoms with E-state index >= 15 is 0 Å². The summed E-state index contributed by atoms with van der Waals surface area (Å²) < 4.78 is 66.3. The SMILES string of the molecule is O=S(=O)(c1cc(C(F)(F)F)ccc1Cl)N1CCN(c2ccc(-c3ccc(Cl)cc3Cl)nn2)CC1. The summed E-state index contributed by atoms with van der Waals surface area (Å²) in [4.78, 5) is 1.27. The van der Waals surface area contributed by atoms with Gasteiger partial charge < -0.3 is 4.90 Å². The molecule has 6 nitrogen and oxygen atoms in total. The number of sulfonamides is 1. The van der Waals surface area contributed by atoms with Gasteiger partial charge in [-0.3, -0.25) is 0 Å². The van der Waals surface area contributed by atoms with Gasteiger partial charge in [0.15, 0.2) is 5.82 Å². The molecule has 0 radical (unpaired) electrons. The number of hydrogen-bond donors (Lipinski definition) is 0. The molecule has 0 N–H and O–H groups in total. The number of anilines is 1. The average Bonchev–Trinajstić information content (AvgIpc) is 2.79. The molecule has 0 atom stereocenters. The maximum Gasteiger partial charge on any atom is 0.416 e. The highest BCUT2D eigenvalue weighted by Gasteiger charge is 2.35. The van der Waals surface area contributed by atoms with Gasteiger partial charge in [-0.2, -0.15) is 17.5 Å². The minimum absolute atomic E-state index is 0.0430. The number of aromatic nitrogens is 2. The molecule has 1 aliphatic rings. The second-order valence-corrected chi connectivity index (χ2v) is 10.6. The Balaban J connectivity index is 1.48. The lowest BCUT2D eigenvalue weighted by Crippen LogP contribution is -2.49. The number of piperazine rings is 1. The van der Waals surface area contributed by atoms with Crippen molar-refractivity contribution in [2.45, 2.75) is 11.1 Å². The van der Waals surface area contributed by atoms with Crippen LogP contribution in [0.1, 0.15) is 5.56 Å². The number of nitrogens with zero attached hydrogens (tertiary/aromatic N) is 4. The first kappa shape index (κ1) is 25.0.